The minimum Gasteiger partial charge on any atom is -0.371 e. The fraction of sp³-hybridized carbons (Fsp3) is 0.389. The van der Waals surface area contributed by atoms with E-state index in [-0.39, 0.29) is 18.1 Å². The third kappa shape index (κ3) is 4.36. The van der Waals surface area contributed by atoms with Gasteiger partial charge >= 0.3 is 0 Å². The number of rotatable bonds is 5. The molecule has 0 saturated carbocycles. The van der Waals surface area contributed by atoms with Gasteiger partial charge in [0.25, 0.3) is 0 Å². The van der Waals surface area contributed by atoms with Crippen molar-refractivity contribution in [1.82, 2.24) is 10.2 Å². The maximum absolute atomic E-state index is 12.4. The number of benzene rings is 1. The largest absolute Gasteiger partial charge is 0.371 e. The van der Waals surface area contributed by atoms with E-state index in [4.69, 9.17) is 16.3 Å². The molecule has 128 valence electrons. The molecule has 1 aliphatic heterocycles. The first-order valence-electron chi connectivity index (χ1n) is 8.04. The number of amides is 1. The van der Waals surface area contributed by atoms with Crippen molar-refractivity contribution in [1.29, 1.82) is 0 Å². The van der Waals surface area contributed by atoms with Crippen LogP contribution >= 0.6 is 22.9 Å². The van der Waals surface area contributed by atoms with Crippen molar-refractivity contribution >= 4 is 28.8 Å². The van der Waals surface area contributed by atoms with Gasteiger partial charge in [0.2, 0.25) is 5.91 Å². The van der Waals surface area contributed by atoms with Gasteiger partial charge in [-0.05, 0) is 36.1 Å². The van der Waals surface area contributed by atoms with Crippen LogP contribution in [-0.4, -0.2) is 36.5 Å². The van der Waals surface area contributed by atoms with E-state index in [1.807, 2.05) is 48.7 Å². The van der Waals surface area contributed by atoms with E-state index in [9.17, 15) is 4.79 Å². The SMILES string of the molecule is C[C@@H](C(=O)NCc1cccs1)N1CCO[C@H](c2ccc(Cl)cc2)C1. The van der Waals surface area contributed by atoms with Crippen LogP contribution in [0.5, 0.6) is 0 Å². The van der Waals surface area contributed by atoms with Gasteiger partial charge in [0.15, 0.2) is 0 Å². The molecule has 0 radical (unpaired) electrons. The van der Waals surface area contributed by atoms with Crippen molar-refractivity contribution in [3.8, 4) is 0 Å². The van der Waals surface area contributed by atoms with Crippen LogP contribution in [0, 0.1) is 0 Å². The average Bonchev–Trinajstić information content (AvgIpc) is 3.13. The van der Waals surface area contributed by atoms with E-state index in [1.165, 1.54) is 0 Å². The van der Waals surface area contributed by atoms with Gasteiger partial charge in [0.05, 0.1) is 25.3 Å². The quantitative estimate of drug-likeness (QED) is 0.883. The minimum absolute atomic E-state index is 0.0245. The fourth-order valence-corrected chi connectivity index (χ4v) is 3.57. The number of hydrogen-bond donors (Lipinski definition) is 1. The van der Waals surface area contributed by atoms with Crippen LogP contribution in [-0.2, 0) is 16.1 Å². The third-order valence-corrected chi connectivity index (χ3v) is 5.41. The summed E-state index contributed by atoms with van der Waals surface area (Å²) in [5.41, 5.74) is 1.09. The number of hydrogen-bond acceptors (Lipinski definition) is 4. The predicted octanol–water partition coefficient (Wildman–Crippen LogP) is 3.48. The number of thiophene rings is 1. The molecule has 2 aromatic rings. The lowest BCUT2D eigenvalue weighted by atomic mass is 10.1. The maximum Gasteiger partial charge on any atom is 0.237 e. The van der Waals surface area contributed by atoms with Gasteiger partial charge in [0, 0.05) is 23.0 Å². The Balaban J connectivity index is 1.56. The Morgan fingerprint density at radius 1 is 1.42 bits per heavy atom. The molecule has 1 aromatic heterocycles. The Hall–Kier alpha value is -1.40. The fourth-order valence-electron chi connectivity index (χ4n) is 2.80. The first-order chi connectivity index (χ1) is 11.6. The molecule has 3 rings (SSSR count). The van der Waals surface area contributed by atoms with Crippen LogP contribution in [0.3, 0.4) is 0 Å². The Morgan fingerprint density at radius 3 is 2.92 bits per heavy atom. The van der Waals surface area contributed by atoms with E-state index in [0.29, 0.717) is 24.7 Å². The molecule has 4 nitrogen and oxygen atoms in total. The highest BCUT2D eigenvalue weighted by atomic mass is 35.5. The third-order valence-electron chi connectivity index (χ3n) is 4.28. The zero-order valence-corrected chi connectivity index (χ0v) is 15.1. The summed E-state index contributed by atoms with van der Waals surface area (Å²) in [6, 6.07) is 11.6. The molecule has 0 aliphatic carbocycles. The van der Waals surface area contributed by atoms with E-state index >= 15 is 0 Å². The lowest BCUT2D eigenvalue weighted by Gasteiger charge is -2.36. The van der Waals surface area contributed by atoms with E-state index in [0.717, 1.165) is 17.0 Å². The van der Waals surface area contributed by atoms with Crippen LogP contribution in [0.25, 0.3) is 0 Å². The van der Waals surface area contributed by atoms with E-state index in [1.54, 1.807) is 11.3 Å². The first-order valence-corrected chi connectivity index (χ1v) is 9.30. The minimum atomic E-state index is -0.177. The Bertz CT molecular complexity index is 660. The number of halogens is 1. The van der Waals surface area contributed by atoms with E-state index in [2.05, 4.69) is 10.2 Å². The molecule has 1 amide bonds. The zero-order chi connectivity index (χ0) is 16.9. The van der Waals surface area contributed by atoms with Crippen molar-refractivity contribution in [2.24, 2.45) is 0 Å². The van der Waals surface area contributed by atoms with Crippen LogP contribution in [0.4, 0.5) is 0 Å². The summed E-state index contributed by atoms with van der Waals surface area (Å²) < 4.78 is 5.87. The van der Waals surface area contributed by atoms with Crippen LogP contribution in [0.2, 0.25) is 5.02 Å². The molecule has 2 heterocycles. The summed E-state index contributed by atoms with van der Waals surface area (Å²) in [7, 11) is 0. The number of carbonyl (C=O) groups is 1. The number of morpholine rings is 1. The molecule has 6 heteroatoms. The lowest BCUT2D eigenvalue weighted by Crippen LogP contribution is -2.50. The molecular formula is C18H21ClN2O2S. The van der Waals surface area contributed by atoms with Crippen molar-refractivity contribution in [3.63, 3.8) is 0 Å². The molecule has 0 unspecified atom stereocenters. The molecule has 1 saturated heterocycles. The highest BCUT2D eigenvalue weighted by Crippen LogP contribution is 2.24. The van der Waals surface area contributed by atoms with Gasteiger partial charge in [-0.25, -0.2) is 0 Å². The van der Waals surface area contributed by atoms with Gasteiger partial charge < -0.3 is 10.1 Å². The zero-order valence-electron chi connectivity index (χ0n) is 13.6. The van der Waals surface area contributed by atoms with Crippen LogP contribution in [0.1, 0.15) is 23.5 Å². The second-order valence-corrected chi connectivity index (χ2v) is 7.35. The Labute approximate surface area is 151 Å². The molecular weight excluding hydrogens is 344 g/mol. The summed E-state index contributed by atoms with van der Waals surface area (Å²) in [5, 5.41) is 5.75. The van der Waals surface area contributed by atoms with E-state index < -0.39 is 0 Å². The summed E-state index contributed by atoms with van der Waals surface area (Å²) in [5.74, 6) is 0.0557. The van der Waals surface area contributed by atoms with Crippen molar-refractivity contribution in [3.05, 3.63) is 57.2 Å². The topological polar surface area (TPSA) is 41.6 Å². The summed E-state index contributed by atoms with van der Waals surface area (Å²) in [4.78, 5) is 15.8. The molecule has 1 N–H and O–H groups in total. The second-order valence-electron chi connectivity index (χ2n) is 5.88. The van der Waals surface area contributed by atoms with Crippen molar-refractivity contribution in [2.45, 2.75) is 25.6 Å². The highest BCUT2D eigenvalue weighted by Gasteiger charge is 2.28. The van der Waals surface area contributed by atoms with Gasteiger partial charge in [0.1, 0.15) is 0 Å². The van der Waals surface area contributed by atoms with Gasteiger partial charge in [-0.15, -0.1) is 11.3 Å². The maximum atomic E-state index is 12.4. The number of carbonyl (C=O) groups excluding carboxylic acids is 1. The molecule has 0 bridgehead atoms. The van der Waals surface area contributed by atoms with Crippen molar-refractivity contribution < 1.29 is 9.53 Å². The number of nitrogens with one attached hydrogen (secondary N) is 1. The Morgan fingerprint density at radius 2 is 2.21 bits per heavy atom. The summed E-state index contributed by atoms with van der Waals surface area (Å²) >= 11 is 7.60. The monoisotopic (exact) mass is 364 g/mol. The molecule has 24 heavy (non-hydrogen) atoms. The van der Waals surface area contributed by atoms with Gasteiger partial charge in [-0.3, -0.25) is 9.69 Å². The lowest BCUT2D eigenvalue weighted by molar-refractivity contribution is -0.129. The molecule has 0 spiro atoms. The van der Waals surface area contributed by atoms with Gasteiger partial charge in [-0.1, -0.05) is 29.8 Å². The Kier molecular flexibility index (Phi) is 5.89. The predicted molar refractivity (Wildman–Crippen MR) is 97.3 cm³/mol. The number of ether oxygens (including phenoxy) is 1. The van der Waals surface area contributed by atoms with Crippen LogP contribution < -0.4 is 5.32 Å². The number of nitrogens with zero attached hydrogens (tertiary/aromatic N) is 1. The molecule has 1 aliphatic rings. The van der Waals surface area contributed by atoms with Crippen LogP contribution in [0.15, 0.2) is 41.8 Å². The summed E-state index contributed by atoms with van der Waals surface area (Å²) in [6.07, 6.45) is -0.0245. The van der Waals surface area contributed by atoms with Gasteiger partial charge in [-0.2, -0.15) is 0 Å². The van der Waals surface area contributed by atoms with Crippen molar-refractivity contribution in [2.75, 3.05) is 19.7 Å². The highest BCUT2D eigenvalue weighted by molar-refractivity contribution is 7.09. The average molecular weight is 365 g/mol. The molecule has 2 atom stereocenters. The summed E-state index contributed by atoms with van der Waals surface area (Å²) in [6.45, 7) is 4.63. The smallest absolute Gasteiger partial charge is 0.237 e. The standard InChI is InChI=1S/C18H21ClN2O2S/c1-13(18(22)20-11-16-3-2-10-24-16)21-8-9-23-17(12-21)14-4-6-15(19)7-5-14/h2-7,10,13,17H,8-9,11-12H2,1H3,(H,20,22)/t13-,17-/m0/s1. The first kappa shape index (κ1) is 17.4. The second kappa shape index (κ2) is 8.12. The molecule has 1 aromatic carbocycles. The molecule has 1 fully saturated rings. The normalized spacial score (nSPS) is 19.8.